The Hall–Kier alpha value is -1.67. The van der Waals surface area contributed by atoms with Gasteiger partial charge in [-0.3, -0.25) is 4.57 Å². The summed E-state index contributed by atoms with van der Waals surface area (Å²) in [6.07, 6.45) is 0. The number of thiazole rings is 1. The molecule has 0 amide bonds. The zero-order valence-electron chi connectivity index (χ0n) is 10.2. The quantitative estimate of drug-likeness (QED) is 0.501. The molecule has 0 aliphatic carbocycles. The van der Waals surface area contributed by atoms with Crippen molar-refractivity contribution in [3.05, 3.63) is 45.5 Å². The first kappa shape index (κ1) is 12.1. The topological polar surface area (TPSA) is 56.7 Å². The van der Waals surface area contributed by atoms with Crippen LogP contribution in [0, 0.1) is 3.57 Å². The van der Waals surface area contributed by atoms with E-state index in [0.717, 1.165) is 30.5 Å². The van der Waals surface area contributed by atoms with Crippen molar-refractivity contribution in [2.45, 2.75) is 0 Å². The molecule has 0 radical (unpaired) electrons. The third-order valence-electron chi connectivity index (χ3n) is 3.22. The third-order valence-corrected chi connectivity index (χ3v) is 4.68. The normalized spacial score (nSPS) is 11.4. The predicted octanol–water partition coefficient (Wildman–Crippen LogP) is 3.82. The second kappa shape index (κ2) is 4.42. The zero-order chi connectivity index (χ0) is 13.7. The second-order valence-electron chi connectivity index (χ2n) is 4.44. The molecule has 0 aliphatic rings. The molecular formula is C14H9IN4S. The molecule has 0 unspecified atom stereocenters. The minimum absolute atomic E-state index is 0.505. The molecule has 6 heteroatoms. The summed E-state index contributed by atoms with van der Waals surface area (Å²) in [5, 5.41) is 0. The van der Waals surface area contributed by atoms with Crippen molar-refractivity contribution < 1.29 is 0 Å². The van der Waals surface area contributed by atoms with Crippen LogP contribution >= 0.6 is 33.9 Å². The van der Waals surface area contributed by atoms with Crippen molar-refractivity contribution in [1.29, 1.82) is 0 Å². The Morgan fingerprint density at radius 1 is 1.10 bits per heavy atom. The van der Waals surface area contributed by atoms with Gasteiger partial charge in [0.05, 0.1) is 32.4 Å². The van der Waals surface area contributed by atoms with E-state index < -0.39 is 0 Å². The van der Waals surface area contributed by atoms with Gasteiger partial charge in [-0.2, -0.15) is 0 Å². The van der Waals surface area contributed by atoms with Crippen LogP contribution in [0.15, 0.2) is 41.9 Å². The summed E-state index contributed by atoms with van der Waals surface area (Å²) >= 11 is 3.90. The lowest BCUT2D eigenvalue weighted by Crippen LogP contribution is -2.00. The summed E-state index contributed by atoms with van der Waals surface area (Å²) in [4.78, 5) is 8.74. The van der Waals surface area contributed by atoms with Gasteiger partial charge in [-0.05, 0) is 59.0 Å². The fourth-order valence-electron chi connectivity index (χ4n) is 2.33. The molecular weight excluding hydrogens is 383 g/mol. The summed E-state index contributed by atoms with van der Waals surface area (Å²) in [5.41, 5.74) is 11.9. The zero-order valence-corrected chi connectivity index (χ0v) is 13.2. The van der Waals surface area contributed by atoms with E-state index in [9.17, 15) is 0 Å². The van der Waals surface area contributed by atoms with E-state index in [2.05, 4.69) is 50.8 Å². The first-order valence-corrected chi connectivity index (χ1v) is 7.95. The van der Waals surface area contributed by atoms with Crippen LogP contribution in [0.1, 0.15) is 0 Å². The van der Waals surface area contributed by atoms with Gasteiger partial charge < -0.3 is 5.73 Å². The van der Waals surface area contributed by atoms with Crippen LogP contribution in [0.5, 0.6) is 0 Å². The number of imidazole rings is 1. The van der Waals surface area contributed by atoms with Gasteiger partial charge in [0.1, 0.15) is 0 Å². The standard InChI is InChI=1S/C14H9IN4S/c15-8-1-4-12-11(5-8)18-14(16)19(12)9-2-3-10-13(6-9)20-7-17-10/h1-7H,(H2,16,18). The highest BCUT2D eigenvalue weighted by Crippen LogP contribution is 2.27. The van der Waals surface area contributed by atoms with E-state index in [1.165, 1.54) is 0 Å². The molecule has 4 rings (SSSR count). The second-order valence-corrected chi connectivity index (χ2v) is 6.57. The molecule has 0 bridgehead atoms. The van der Waals surface area contributed by atoms with Crippen LogP contribution in [0.25, 0.3) is 26.9 Å². The van der Waals surface area contributed by atoms with Crippen molar-refractivity contribution in [2.75, 3.05) is 5.73 Å². The van der Waals surface area contributed by atoms with Gasteiger partial charge in [0, 0.05) is 3.57 Å². The molecule has 20 heavy (non-hydrogen) atoms. The van der Waals surface area contributed by atoms with E-state index in [4.69, 9.17) is 5.73 Å². The molecule has 0 spiro atoms. The molecule has 0 aliphatic heterocycles. The van der Waals surface area contributed by atoms with E-state index in [1.807, 2.05) is 28.3 Å². The van der Waals surface area contributed by atoms with Crippen molar-refractivity contribution >= 4 is 61.1 Å². The molecule has 2 N–H and O–H groups in total. The molecule has 0 saturated carbocycles. The molecule has 2 aromatic carbocycles. The number of fused-ring (bicyclic) bond motifs is 2. The maximum atomic E-state index is 6.09. The molecule has 2 aromatic heterocycles. The number of benzene rings is 2. The molecule has 4 aromatic rings. The highest BCUT2D eigenvalue weighted by molar-refractivity contribution is 14.1. The van der Waals surface area contributed by atoms with E-state index in [-0.39, 0.29) is 0 Å². The highest BCUT2D eigenvalue weighted by atomic mass is 127. The van der Waals surface area contributed by atoms with Crippen molar-refractivity contribution in [1.82, 2.24) is 14.5 Å². The number of rotatable bonds is 1. The molecule has 0 saturated heterocycles. The minimum Gasteiger partial charge on any atom is -0.369 e. The molecule has 2 heterocycles. The summed E-state index contributed by atoms with van der Waals surface area (Å²) in [7, 11) is 0. The van der Waals surface area contributed by atoms with Gasteiger partial charge in [-0.25, -0.2) is 9.97 Å². The van der Waals surface area contributed by atoms with Gasteiger partial charge in [0.2, 0.25) is 5.95 Å². The molecule has 4 nitrogen and oxygen atoms in total. The number of nitrogen functional groups attached to an aromatic ring is 1. The lowest BCUT2D eigenvalue weighted by atomic mass is 10.2. The Morgan fingerprint density at radius 2 is 2.00 bits per heavy atom. The minimum atomic E-state index is 0.505. The molecule has 98 valence electrons. The fourth-order valence-corrected chi connectivity index (χ4v) is 3.51. The Kier molecular flexibility index (Phi) is 2.67. The number of halogens is 1. The highest BCUT2D eigenvalue weighted by Gasteiger charge is 2.11. The van der Waals surface area contributed by atoms with Crippen LogP contribution in [0.4, 0.5) is 5.95 Å². The lowest BCUT2D eigenvalue weighted by molar-refractivity contribution is 1.11. The van der Waals surface area contributed by atoms with Crippen LogP contribution in [-0.2, 0) is 0 Å². The van der Waals surface area contributed by atoms with Crippen molar-refractivity contribution in [3.63, 3.8) is 0 Å². The van der Waals surface area contributed by atoms with Gasteiger partial charge in [0.15, 0.2) is 0 Å². The largest absolute Gasteiger partial charge is 0.369 e. The van der Waals surface area contributed by atoms with Crippen LogP contribution in [-0.4, -0.2) is 14.5 Å². The number of hydrogen-bond donors (Lipinski definition) is 1. The Bertz CT molecular complexity index is 941. The Morgan fingerprint density at radius 3 is 2.90 bits per heavy atom. The van der Waals surface area contributed by atoms with E-state index in [0.29, 0.717) is 5.95 Å². The first-order chi connectivity index (χ1) is 9.72. The van der Waals surface area contributed by atoms with Crippen LogP contribution in [0.2, 0.25) is 0 Å². The average Bonchev–Trinajstić information content (AvgIpc) is 3.00. The van der Waals surface area contributed by atoms with Gasteiger partial charge in [-0.1, -0.05) is 0 Å². The number of nitrogens with zero attached hydrogens (tertiary/aromatic N) is 3. The van der Waals surface area contributed by atoms with Crippen LogP contribution < -0.4 is 5.73 Å². The smallest absolute Gasteiger partial charge is 0.205 e. The molecule has 0 atom stereocenters. The maximum Gasteiger partial charge on any atom is 0.205 e. The summed E-state index contributed by atoms with van der Waals surface area (Å²) in [6.45, 7) is 0. The van der Waals surface area contributed by atoms with Crippen LogP contribution in [0.3, 0.4) is 0 Å². The number of anilines is 1. The van der Waals surface area contributed by atoms with Gasteiger partial charge in [-0.15, -0.1) is 11.3 Å². The number of nitrogens with two attached hydrogens (primary N) is 1. The average molecular weight is 392 g/mol. The first-order valence-electron chi connectivity index (χ1n) is 5.99. The van der Waals surface area contributed by atoms with Gasteiger partial charge >= 0.3 is 0 Å². The summed E-state index contributed by atoms with van der Waals surface area (Å²) in [5.74, 6) is 0.505. The third kappa shape index (κ3) is 1.79. The number of aromatic nitrogens is 3. The number of hydrogen-bond acceptors (Lipinski definition) is 4. The predicted molar refractivity (Wildman–Crippen MR) is 91.4 cm³/mol. The van der Waals surface area contributed by atoms with Crippen molar-refractivity contribution in [3.8, 4) is 5.69 Å². The van der Waals surface area contributed by atoms with E-state index >= 15 is 0 Å². The lowest BCUT2D eigenvalue weighted by Gasteiger charge is -2.06. The SMILES string of the molecule is Nc1nc2cc(I)ccc2n1-c1ccc2ncsc2c1. The fraction of sp³-hybridized carbons (Fsp3) is 0. The maximum absolute atomic E-state index is 6.09. The molecule has 0 fully saturated rings. The summed E-state index contributed by atoms with van der Waals surface area (Å²) < 4.78 is 4.27. The Balaban J connectivity index is 2.03. The van der Waals surface area contributed by atoms with E-state index in [1.54, 1.807) is 11.3 Å². The summed E-state index contributed by atoms with van der Waals surface area (Å²) in [6, 6.07) is 12.3. The van der Waals surface area contributed by atoms with Gasteiger partial charge in [0.25, 0.3) is 0 Å². The Labute approximate surface area is 132 Å². The monoisotopic (exact) mass is 392 g/mol. The van der Waals surface area contributed by atoms with Crippen molar-refractivity contribution in [2.24, 2.45) is 0 Å².